The van der Waals surface area contributed by atoms with E-state index in [1.165, 1.54) is 18.2 Å². The first-order valence-corrected chi connectivity index (χ1v) is 9.77. The minimum Gasteiger partial charge on any atom is -0.491 e. The zero-order chi connectivity index (χ0) is 21.5. The number of piperidine rings is 1. The van der Waals surface area contributed by atoms with Crippen LogP contribution in [0.5, 0.6) is 5.75 Å². The maximum atomic E-state index is 12.9. The lowest BCUT2D eigenvalue weighted by Gasteiger charge is -2.33. The molecule has 2 heterocycles. The van der Waals surface area contributed by atoms with Gasteiger partial charge in [0.15, 0.2) is 0 Å². The molecule has 1 saturated heterocycles. The SMILES string of the molecule is COC(=O)COC1CCN(C(=O)CN2CCOc3cc(C=NN)ccc3C2=O)CC1. The predicted octanol–water partition coefficient (Wildman–Crippen LogP) is -0.00560. The molecule has 1 fully saturated rings. The van der Waals surface area contributed by atoms with Gasteiger partial charge in [-0.2, -0.15) is 5.10 Å². The Hall–Kier alpha value is -3.14. The molecule has 162 valence electrons. The van der Waals surface area contributed by atoms with Crippen molar-refractivity contribution in [3.05, 3.63) is 29.3 Å². The second kappa shape index (κ2) is 10.1. The van der Waals surface area contributed by atoms with Gasteiger partial charge in [-0.1, -0.05) is 6.07 Å². The Morgan fingerprint density at radius 3 is 2.77 bits per heavy atom. The highest BCUT2D eigenvalue weighted by atomic mass is 16.6. The molecule has 0 bridgehead atoms. The van der Waals surface area contributed by atoms with Gasteiger partial charge in [0, 0.05) is 13.1 Å². The van der Waals surface area contributed by atoms with Crippen LogP contribution in [-0.2, 0) is 19.1 Å². The van der Waals surface area contributed by atoms with Gasteiger partial charge < -0.3 is 29.9 Å². The highest BCUT2D eigenvalue weighted by molar-refractivity contribution is 6.00. The first-order valence-electron chi connectivity index (χ1n) is 9.77. The van der Waals surface area contributed by atoms with Gasteiger partial charge >= 0.3 is 5.97 Å². The maximum Gasteiger partial charge on any atom is 0.331 e. The summed E-state index contributed by atoms with van der Waals surface area (Å²) in [6.07, 6.45) is 2.65. The summed E-state index contributed by atoms with van der Waals surface area (Å²) >= 11 is 0. The van der Waals surface area contributed by atoms with E-state index in [1.807, 2.05) is 0 Å². The molecule has 1 aromatic rings. The summed E-state index contributed by atoms with van der Waals surface area (Å²) in [7, 11) is 1.31. The number of esters is 1. The van der Waals surface area contributed by atoms with Crippen LogP contribution in [0.25, 0.3) is 0 Å². The van der Waals surface area contributed by atoms with E-state index in [9.17, 15) is 14.4 Å². The minimum atomic E-state index is -0.418. The van der Waals surface area contributed by atoms with Gasteiger partial charge in [0.25, 0.3) is 5.91 Å². The molecule has 0 saturated carbocycles. The molecule has 0 radical (unpaired) electrons. The van der Waals surface area contributed by atoms with Crippen molar-refractivity contribution in [2.24, 2.45) is 10.9 Å². The fraction of sp³-hybridized carbons (Fsp3) is 0.500. The lowest BCUT2D eigenvalue weighted by Crippen LogP contribution is -2.47. The predicted molar refractivity (Wildman–Crippen MR) is 107 cm³/mol. The number of nitrogens with zero attached hydrogens (tertiary/aromatic N) is 3. The molecule has 0 aromatic heterocycles. The topological polar surface area (TPSA) is 124 Å². The van der Waals surface area contributed by atoms with Crippen LogP contribution in [0.15, 0.2) is 23.3 Å². The fourth-order valence-electron chi connectivity index (χ4n) is 3.47. The molecule has 2 aliphatic heterocycles. The average Bonchev–Trinajstić information content (AvgIpc) is 2.91. The molecule has 3 rings (SSSR count). The number of carbonyl (C=O) groups excluding carboxylic acids is 3. The van der Waals surface area contributed by atoms with E-state index < -0.39 is 5.97 Å². The summed E-state index contributed by atoms with van der Waals surface area (Å²) in [6, 6.07) is 5.08. The summed E-state index contributed by atoms with van der Waals surface area (Å²) in [5.41, 5.74) is 1.13. The first kappa shape index (κ1) is 21.6. The molecule has 30 heavy (non-hydrogen) atoms. The summed E-state index contributed by atoms with van der Waals surface area (Å²) in [5, 5.41) is 3.48. The smallest absolute Gasteiger partial charge is 0.331 e. The molecule has 1 aromatic carbocycles. The van der Waals surface area contributed by atoms with Gasteiger partial charge in [0.1, 0.15) is 25.5 Å². The number of hydrogen-bond donors (Lipinski definition) is 1. The summed E-state index contributed by atoms with van der Waals surface area (Å²) in [5.74, 6) is 4.84. The molecule has 2 amide bonds. The third-order valence-electron chi connectivity index (χ3n) is 5.15. The fourth-order valence-corrected chi connectivity index (χ4v) is 3.47. The van der Waals surface area contributed by atoms with E-state index in [0.717, 1.165) is 5.56 Å². The van der Waals surface area contributed by atoms with Crippen LogP contribution in [0.3, 0.4) is 0 Å². The second-order valence-electron chi connectivity index (χ2n) is 7.08. The number of hydrogen-bond acceptors (Lipinski definition) is 8. The van der Waals surface area contributed by atoms with Gasteiger partial charge in [-0.25, -0.2) is 4.79 Å². The number of hydrazone groups is 1. The first-order chi connectivity index (χ1) is 14.5. The van der Waals surface area contributed by atoms with Crippen molar-refractivity contribution in [1.82, 2.24) is 9.80 Å². The standard InChI is InChI=1S/C20H26N4O6/c1-28-19(26)13-30-15-4-6-23(7-5-15)18(25)12-24-8-9-29-17-10-14(11-22-21)2-3-16(17)20(24)27/h2-3,10-11,15H,4-9,12-13,21H2,1H3. The van der Waals surface area contributed by atoms with Crippen LogP contribution in [0, 0.1) is 0 Å². The van der Waals surface area contributed by atoms with Gasteiger partial charge in [-0.15, -0.1) is 0 Å². The lowest BCUT2D eigenvalue weighted by atomic mass is 10.1. The average molecular weight is 418 g/mol. The summed E-state index contributed by atoms with van der Waals surface area (Å²) < 4.78 is 15.8. The second-order valence-corrected chi connectivity index (χ2v) is 7.08. The Kier molecular flexibility index (Phi) is 7.23. The number of rotatable bonds is 6. The Labute approximate surface area is 174 Å². The van der Waals surface area contributed by atoms with Crippen LogP contribution in [0.4, 0.5) is 0 Å². The minimum absolute atomic E-state index is 0.0126. The molecule has 0 unspecified atom stereocenters. The quantitative estimate of drug-likeness (QED) is 0.298. The van der Waals surface area contributed by atoms with Crippen molar-refractivity contribution in [3.8, 4) is 5.75 Å². The zero-order valence-corrected chi connectivity index (χ0v) is 16.9. The maximum absolute atomic E-state index is 12.9. The van der Waals surface area contributed by atoms with Crippen molar-refractivity contribution in [2.75, 3.05) is 46.5 Å². The number of carbonyl (C=O) groups is 3. The van der Waals surface area contributed by atoms with E-state index >= 15 is 0 Å². The van der Waals surface area contributed by atoms with Gasteiger partial charge in [-0.05, 0) is 30.5 Å². The number of nitrogens with two attached hydrogens (primary N) is 1. The molecule has 0 aliphatic carbocycles. The number of ether oxygens (including phenoxy) is 3. The van der Waals surface area contributed by atoms with Crippen LogP contribution in [0.2, 0.25) is 0 Å². The van der Waals surface area contributed by atoms with Crippen molar-refractivity contribution >= 4 is 24.0 Å². The molecule has 0 atom stereocenters. The molecule has 0 spiro atoms. The Morgan fingerprint density at radius 1 is 1.30 bits per heavy atom. The van der Waals surface area contributed by atoms with E-state index in [1.54, 1.807) is 23.1 Å². The Balaban J connectivity index is 1.55. The summed E-state index contributed by atoms with van der Waals surface area (Å²) in [4.78, 5) is 40.0. The number of benzene rings is 1. The van der Waals surface area contributed by atoms with Gasteiger partial charge in [-0.3, -0.25) is 9.59 Å². The van der Waals surface area contributed by atoms with Crippen LogP contribution in [-0.4, -0.2) is 86.4 Å². The van der Waals surface area contributed by atoms with E-state index in [-0.39, 0.29) is 31.1 Å². The number of fused-ring (bicyclic) bond motifs is 1. The van der Waals surface area contributed by atoms with Crippen LogP contribution in [0.1, 0.15) is 28.8 Å². The van der Waals surface area contributed by atoms with Crippen molar-refractivity contribution in [2.45, 2.75) is 18.9 Å². The third-order valence-corrected chi connectivity index (χ3v) is 5.15. The Morgan fingerprint density at radius 2 is 2.07 bits per heavy atom. The molecule has 10 heteroatoms. The third kappa shape index (κ3) is 5.26. The van der Waals surface area contributed by atoms with Crippen molar-refractivity contribution in [3.63, 3.8) is 0 Å². The molecule has 10 nitrogen and oxygen atoms in total. The van der Waals surface area contributed by atoms with Gasteiger partial charge in [0.2, 0.25) is 5.91 Å². The van der Waals surface area contributed by atoms with E-state index in [2.05, 4.69) is 9.84 Å². The Bertz CT molecular complexity index is 820. The largest absolute Gasteiger partial charge is 0.491 e. The molecule has 2 aliphatic rings. The highest BCUT2D eigenvalue weighted by Gasteiger charge is 2.29. The molecule has 2 N–H and O–H groups in total. The van der Waals surface area contributed by atoms with Crippen molar-refractivity contribution < 1.29 is 28.6 Å². The zero-order valence-electron chi connectivity index (χ0n) is 16.9. The highest BCUT2D eigenvalue weighted by Crippen LogP contribution is 2.24. The molecular weight excluding hydrogens is 392 g/mol. The molecular formula is C20H26N4O6. The number of methoxy groups -OCH3 is 1. The van der Waals surface area contributed by atoms with Crippen LogP contribution >= 0.6 is 0 Å². The number of likely N-dealkylation sites (tertiary alicyclic amines) is 1. The van der Waals surface area contributed by atoms with Gasteiger partial charge in [0.05, 0.1) is 31.5 Å². The number of amides is 2. The lowest BCUT2D eigenvalue weighted by molar-refractivity contribution is -0.150. The normalized spacial score (nSPS) is 17.4. The summed E-state index contributed by atoms with van der Waals surface area (Å²) in [6.45, 7) is 1.54. The van der Waals surface area contributed by atoms with E-state index in [0.29, 0.717) is 50.4 Å². The monoisotopic (exact) mass is 418 g/mol. The van der Waals surface area contributed by atoms with Crippen LogP contribution < -0.4 is 10.6 Å². The van der Waals surface area contributed by atoms with E-state index in [4.69, 9.17) is 15.3 Å². The van der Waals surface area contributed by atoms with Crippen molar-refractivity contribution in [1.29, 1.82) is 0 Å².